The first-order chi connectivity index (χ1) is 14.1. The molecule has 29 heavy (non-hydrogen) atoms. The Morgan fingerprint density at radius 1 is 1.03 bits per heavy atom. The lowest BCUT2D eigenvalue weighted by Crippen LogP contribution is -2.50. The molecule has 1 unspecified atom stereocenters. The van der Waals surface area contributed by atoms with E-state index in [-0.39, 0.29) is 0 Å². The zero-order chi connectivity index (χ0) is 20.4. The summed E-state index contributed by atoms with van der Waals surface area (Å²) in [6.45, 7) is 7.36. The molecule has 0 aliphatic carbocycles. The maximum atomic E-state index is 5.66. The van der Waals surface area contributed by atoms with Crippen LogP contribution in [0.2, 0.25) is 0 Å². The van der Waals surface area contributed by atoms with Gasteiger partial charge in [-0.2, -0.15) is 9.97 Å². The van der Waals surface area contributed by atoms with Gasteiger partial charge >= 0.3 is 6.01 Å². The van der Waals surface area contributed by atoms with Crippen molar-refractivity contribution in [2.45, 2.75) is 64.4 Å². The van der Waals surface area contributed by atoms with Crippen LogP contribution in [0.25, 0.3) is 0 Å². The molecule has 0 radical (unpaired) electrons. The molecule has 2 aromatic rings. The number of hydrogen-bond donors (Lipinski definition) is 0. The van der Waals surface area contributed by atoms with Crippen molar-refractivity contribution in [1.29, 1.82) is 0 Å². The summed E-state index contributed by atoms with van der Waals surface area (Å²) in [6, 6.07) is 11.9. The Labute approximate surface area is 173 Å². The van der Waals surface area contributed by atoms with Crippen LogP contribution in [0.15, 0.2) is 30.3 Å². The number of ether oxygens (including phenoxy) is 2. The molecule has 6 heteroatoms. The fourth-order valence-electron chi connectivity index (χ4n) is 4.84. The van der Waals surface area contributed by atoms with Gasteiger partial charge in [0.15, 0.2) is 0 Å². The molecule has 1 aromatic heterocycles. The first-order valence-electron chi connectivity index (χ1n) is 10.6. The van der Waals surface area contributed by atoms with Gasteiger partial charge in [-0.3, -0.25) is 4.90 Å². The molecule has 3 heterocycles. The number of nitrogens with zero attached hydrogens (tertiary/aromatic N) is 4. The summed E-state index contributed by atoms with van der Waals surface area (Å²) in [7, 11) is 3.47. The second-order valence-corrected chi connectivity index (χ2v) is 8.34. The highest BCUT2D eigenvalue weighted by Crippen LogP contribution is 2.35. The van der Waals surface area contributed by atoms with E-state index in [0.717, 1.165) is 50.4 Å². The molecule has 1 aromatic carbocycles. The second kappa shape index (κ2) is 8.67. The van der Waals surface area contributed by atoms with Crippen molar-refractivity contribution in [1.82, 2.24) is 14.9 Å². The van der Waals surface area contributed by atoms with E-state index < -0.39 is 0 Å². The summed E-state index contributed by atoms with van der Waals surface area (Å²) in [5.74, 6) is 1.04. The fraction of sp³-hybridized carbons (Fsp3) is 0.565. The molecular weight excluding hydrogens is 364 g/mol. The van der Waals surface area contributed by atoms with Crippen molar-refractivity contribution in [2.24, 2.45) is 0 Å². The molecule has 2 aliphatic heterocycles. The highest BCUT2D eigenvalue weighted by molar-refractivity contribution is 5.53. The van der Waals surface area contributed by atoms with Gasteiger partial charge in [0.25, 0.3) is 0 Å². The Morgan fingerprint density at radius 2 is 1.76 bits per heavy atom. The predicted molar refractivity (Wildman–Crippen MR) is 114 cm³/mol. The minimum atomic E-state index is 0.311. The third kappa shape index (κ3) is 4.23. The summed E-state index contributed by atoms with van der Waals surface area (Å²) >= 11 is 0. The Kier molecular flexibility index (Phi) is 6.01. The number of anilines is 1. The maximum Gasteiger partial charge on any atom is 0.318 e. The highest BCUT2D eigenvalue weighted by Gasteiger charge is 2.35. The van der Waals surface area contributed by atoms with Crippen molar-refractivity contribution in [2.75, 3.05) is 25.7 Å². The summed E-state index contributed by atoms with van der Waals surface area (Å²) in [5.41, 5.74) is 3.72. The summed E-state index contributed by atoms with van der Waals surface area (Å²) in [4.78, 5) is 14.5. The zero-order valence-electron chi connectivity index (χ0n) is 18.0. The van der Waals surface area contributed by atoms with Crippen LogP contribution in [-0.2, 0) is 24.2 Å². The summed E-state index contributed by atoms with van der Waals surface area (Å²) < 4.78 is 11.1. The number of piperidine rings is 1. The molecule has 0 spiro atoms. The molecular formula is C23H32N4O2. The average Bonchev–Trinajstić information content (AvgIpc) is 2.73. The summed E-state index contributed by atoms with van der Waals surface area (Å²) in [5, 5.41) is 0. The third-order valence-corrected chi connectivity index (χ3v) is 6.26. The highest BCUT2D eigenvalue weighted by atomic mass is 16.5. The second-order valence-electron chi connectivity index (χ2n) is 8.34. The lowest BCUT2D eigenvalue weighted by molar-refractivity contribution is 0.0610. The lowest BCUT2D eigenvalue weighted by atomic mass is 9.93. The topological polar surface area (TPSA) is 50.7 Å². The first-order valence-corrected chi connectivity index (χ1v) is 10.6. The molecule has 6 nitrogen and oxygen atoms in total. The molecule has 1 saturated heterocycles. The van der Waals surface area contributed by atoms with Gasteiger partial charge in [-0.05, 0) is 32.3 Å². The monoisotopic (exact) mass is 396 g/mol. The number of rotatable bonds is 5. The van der Waals surface area contributed by atoms with Crippen LogP contribution in [0, 0.1) is 0 Å². The van der Waals surface area contributed by atoms with Gasteiger partial charge in [0, 0.05) is 50.8 Å². The molecule has 4 rings (SSSR count). The van der Waals surface area contributed by atoms with Crippen molar-refractivity contribution in [3.8, 4) is 6.01 Å². The molecule has 3 atom stereocenters. The van der Waals surface area contributed by atoms with E-state index in [0.29, 0.717) is 24.2 Å². The van der Waals surface area contributed by atoms with Gasteiger partial charge in [0.05, 0.1) is 18.9 Å². The Hall–Kier alpha value is -2.18. The number of fused-ring (bicyclic) bond motifs is 1. The van der Waals surface area contributed by atoms with Crippen molar-refractivity contribution >= 4 is 5.82 Å². The quantitative estimate of drug-likeness (QED) is 0.772. The number of hydrogen-bond acceptors (Lipinski definition) is 6. The number of benzene rings is 1. The first kappa shape index (κ1) is 20.1. The van der Waals surface area contributed by atoms with Crippen molar-refractivity contribution in [3.63, 3.8) is 0 Å². The fourth-order valence-corrected chi connectivity index (χ4v) is 4.84. The van der Waals surface area contributed by atoms with Gasteiger partial charge in [0.2, 0.25) is 0 Å². The van der Waals surface area contributed by atoms with E-state index in [9.17, 15) is 0 Å². The van der Waals surface area contributed by atoms with E-state index in [4.69, 9.17) is 19.4 Å². The van der Waals surface area contributed by atoms with E-state index >= 15 is 0 Å². The predicted octanol–water partition coefficient (Wildman–Crippen LogP) is 3.44. The van der Waals surface area contributed by atoms with Crippen LogP contribution in [0.5, 0.6) is 6.01 Å². The van der Waals surface area contributed by atoms with Crippen LogP contribution < -0.4 is 9.64 Å². The third-order valence-electron chi connectivity index (χ3n) is 6.26. The Morgan fingerprint density at radius 3 is 2.41 bits per heavy atom. The average molecular weight is 397 g/mol. The Bertz CT molecular complexity index is 817. The molecule has 0 N–H and O–H groups in total. The standard InChI is InChI=1S/C23H32N4O2/c1-16-12-19(28-3)13-17(2)27(16)22-20-15-26(14-18-8-6-5-7-9-18)11-10-21(20)24-23(25-22)29-4/h5-9,16-17,19H,10-15H2,1-4H3/t16-,17+,19?. The van der Waals surface area contributed by atoms with Crippen LogP contribution in [0.3, 0.4) is 0 Å². The van der Waals surface area contributed by atoms with Gasteiger partial charge in [-0.15, -0.1) is 0 Å². The van der Waals surface area contributed by atoms with Crippen LogP contribution in [0.1, 0.15) is 43.5 Å². The van der Waals surface area contributed by atoms with Gasteiger partial charge in [0.1, 0.15) is 5.82 Å². The molecule has 156 valence electrons. The van der Waals surface area contributed by atoms with E-state index in [1.54, 1.807) is 7.11 Å². The maximum absolute atomic E-state index is 5.66. The molecule has 0 bridgehead atoms. The van der Waals surface area contributed by atoms with Gasteiger partial charge < -0.3 is 14.4 Å². The van der Waals surface area contributed by atoms with Crippen LogP contribution in [0.4, 0.5) is 5.82 Å². The van der Waals surface area contributed by atoms with Crippen LogP contribution in [-0.4, -0.2) is 53.8 Å². The minimum Gasteiger partial charge on any atom is -0.467 e. The van der Waals surface area contributed by atoms with E-state index in [1.807, 2.05) is 7.11 Å². The molecule has 0 saturated carbocycles. The largest absolute Gasteiger partial charge is 0.467 e. The summed E-state index contributed by atoms with van der Waals surface area (Å²) in [6.07, 6.45) is 3.25. The van der Waals surface area contributed by atoms with Crippen LogP contribution >= 0.6 is 0 Å². The van der Waals surface area contributed by atoms with E-state index in [1.165, 1.54) is 11.1 Å². The van der Waals surface area contributed by atoms with Crippen molar-refractivity contribution in [3.05, 3.63) is 47.2 Å². The van der Waals surface area contributed by atoms with Gasteiger partial charge in [-0.25, -0.2) is 0 Å². The zero-order valence-corrected chi connectivity index (χ0v) is 18.0. The lowest BCUT2D eigenvalue weighted by Gasteiger charge is -2.44. The molecule has 0 amide bonds. The molecule has 2 aliphatic rings. The Balaban J connectivity index is 1.64. The number of aromatic nitrogens is 2. The van der Waals surface area contributed by atoms with E-state index in [2.05, 4.69) is 54.0 Å². The smallest absolute Gasteiger partial charge is 0.318 e. The number of methoxy groups -OCH3 is 2. The minimum absolute atomic E-state index is 0.311. The van der Waals surface area contributed by atoms with Crippen molar-refractivity contribution < 1.29 is 9.47 Å². The SMILES string of the molecule is COc1nc2c(c(N3[C@H](C)CC(OC)C[C@@H]3C)n1)CN(Cc1ccccc1)CC2. The normalized spacial score (nSPS) is 25.0. The van der Waals surface area contributed by atoms with Gasteiger partial charge in [-0.1, -0.05) is 30.3 Å². The molecule has 1 fully saturated rings.